The maximum atomic E-state index is 11.9. The Bertz CT molecular complexity index is 659. The van der Waals surface area contributed by atoms with Gasteiger partial charge in [-0.15, -0.1) is 0 Å². The highest BCUT2D eigenvalue weighted by Gasteiger charge is 2.18. The number of rotatable bonds is 6. The Morgan fingerprint density at radius 2 is 2.10 bits per heavy atom. The Labute approximate surface area is 121 Å². The predicted molar refractivity (Wildman–Crippen MR) is 77.5 cm³/mol. The summed E-state index contributed by atoms with van der Waals surface area (Å²) in [6.07, 6.45) is 1.07. The van der Waals surface area contributed by atoms with Crippen molar-refractivity contribution in [3.8, 4) is 0 Å². The predicted octanol–water partition coefficient (Wildman–Crippen LogP) is 0.0433. The van der Waals surface area contributed by atoms with Crippen LogP contribution in [0.2, 0.25) is 0 Å². The van der Waals surface area contributed by atoms with E-state index in [1.165, 1.54) is 12.1 Å². The number of nitro benzene ring substituents is 1. The Morgan fingerprint density at radius 1 is 1.48 bits per heavy atom. The first kappa shape index (κ1) is 16.9. The number of hydrogen-bond acceptors (Lipinski definition) is 7. The van der Waals surface area contributed by atoms with Gasteiger partial charge in [-0.1, -0.05) is 0 Å². The smallest absolute Gasteiger partial charge is 0.293 e. The maximum Gasteiger partial charge on any atom is 0.293 e. The molecule has 0 saturated carbocycles. The molecule has 10 heteroatoms. The van der Waals surface area contributed by atoms with Crippen LogP contribution in [-0.2, 0) is 9.84 Å². The van der Waals surface area contributed by atoms with Crippen LogP contribution in [0.4, 0.5) is 11.4 Å². The number of nitrogen functional groups attached to an aromatic ring is 1. The molecule has 0 aliphatic rings. The summed E-state index contributed by atoms with van der Waals surface area (Å²) in [5, 5.41) is 13.2. The molecular formula is C11H16N4O5S. The number of sulfone groups is 1. The molecule has 1 unspecified atom stereocenters. The largest absolute Gasteiger partial charge is 0.349 e. The van der Waals surface area contributed by atoms with Gasteiger partial charge < -0.3 is 10.7 Å². The van der Waals surface area contributed by atoms with Crippen molar-refractivity contribution in [1.29, 1.82) is 0 Å². The average Bonchev–Trinajstić information content (AvgIpc) is 2.35. The zero-order valence-electron chi connectivity index (χ0n) is 11.5. The fourth-order valence-electron chi connectivity index (χ4n) is 1.76. The van der Waals surface area contributed by atoms with Gasteiger partial charge in [0.25, 0.3) is 11.6 Å². The summed E-state index contributed by atoms with van der Waals surface area (Å²) in [6.45, 7) is 1.55. The van der Waals surface area contributed by atoms with Crippen molar-refractivity contribution in [2.75, 3.05) is 17.4 Å². The molecule has 1 rings (SSSR count). The molecule has 0 radical (unpaired) electrons. The van der Waals surface area contributed by atoms with Gasteiger partial charge in [0.2, 0.25) is 0 Å². The van der Waals surface area contributed by atoms with E-state index >= 15 is 0 Å². The number of anilines is 1. The lowest BCUT2D eigenvalue weighted by atomic mass is 10.1. The van der Waals surface area contributed by atoms with Gasteiger partial charge in [-0.2, -0.15) is 0 Å². The number of benzene rings is 1. The quantitative estimate of drug-likeness (QED) is 0.382. The van der Waals surface area contributed by atoms with Crippen LogP contribution < -0.4 is 16.6 Å². The second kappa shape index (κ2) is 6.50. The van der Waals surface area contributed by atoms with Crippen molar-refractivity contribution in [3.05, 3.63) is 33.9 Å². The third kappa shape index (κ3) is 5.00. The molecule has 0 saturated heterocycles. The lowest BCUT2D eigenvalue weighted by Crippen LogP contribution is -2.37. The Kier molecular flexibility index (Phi) is 5.22. The highest BCUT2D eigenvalue weighted by Crippen LogP contribution is 2.24. The molecule has 0 bridgehead atoms. The van der Waals surface area contributed by atoms with Crippen LogP contribution in [0.1, 0.15) is 17.3 Å². The molecule has 0 aromatic heterocycles. The van der Waals surface area contributed by atoms with Crippen molar-refractivity contribution in [3.63, 3.8) is 0 Å². The summed E-state index contributed by atoms with van der Waals surface area (Å²) in [6, 6.07) is 3.05. The zero-order chi connectivity index (χ0) is 16.2. The van der Waals surface area contributed by atoms with E-state index in [-0.39, 0.29) is 22.7 Å². The number of carbonyl (C=O) groups excluding carboxylic acids is 1. The summed E-state index contributed by atoms with van der Waals surface area (Å²) in [5.41, 5.74) is 2.00. The van der Waals surface area contributed by atoms with Gasteiger partial charge in [0, 0.05) is 23.9 Å². The lowest BCUT2D eigenvalue weighted by molar-refractivity contribution is -0.384. The molecule has 0 heterocycles. The highest BCUT2D eigenvalue weighted by atomic mass is 32.2. The van der Waals surface area contributed by atoms with Crippen molar-refractivity contribution in [2.24, 2.45) is 5.84 Å². The van der Waals surface area contributed by atoms with Gasteiger partial charge >= 0.3 is 0 Å². The van der Waals surface area contributed by atoms with E-state index in [1.54, 1.807) is 6.92 Å². The number of hydrogen-bond donors (Lipinski definition) is 3. The third-order valence-electron chi connectivity index (χ3n) is 2.54. The van der Waals surface area contributed by atoms with Gasteiger partial charge in [-0.3, -0.25) is 20.8 Å². The lowest BCUT2D eigenvalue weighted by Gasteiger charge is -2.13. The second-order valence-corrected chi connectivity index (χ2v) is 6.79. The monoisotopic (exact) mass is 316 g/mol. The van der Waals surface area contributed by atoms with E-state index in [2.05, 4.69) is 10.7 Å². The minimum Gasteiger partial charge on any atom is -0.349 e. The summed E-state index contributed by atoms with van der Waals surface area (Å²) < 4.78 is 22.3. The average molecular weight is 316 g/mol. The van der Waals surface area contributed by atoms with Crippen LogP contribution >= 0.6 is 0 Å². The molecule has 0 aliphatic carbocycles. The van der Waals surface area contributed by atoms with E-state index in [1.807, 2.05) is 0 Å². The second-order valence-electron chi connectivity index (χ2n) is 4.60. The summed E-state index contributed by atoms with van der Waals surface area (Å²) in [4.78, 5) is 22.0. The fraction of sp³-hybridized carbons (Fsp3) is 0.364. The topological polar surface area (TPSA) is 144 Å². The highest BCUT2D eigenvalue weighted by molar-refractivity contribution is 7.90. The standard InChI is InChI=1S/C11H16N4O5S/c1-7(6-21(2,19)20)13-11(16)8-3-4-10(15(17)18)9(5-8)14-12/h3-5,7,14H,6,12H2,1-2H3,(H,13,16). The molecule has 1 aromatic carbocycles. The first-order chi connectivity index (χ1) is 9.64. The Balaban J connectivity index is 2.91. The molecule has 21 heavy (non-hydrogen) atoms. The fourth-order valence-corrected chi connectivity index (χ4v) is 2.75. The molecule has 116 valence electrons. The number of amides is 1. The van der Waals surface area contributed by atoms with Crippen LogP contribution in [0.3, 0.4) is 0 Å². The SMILES string of the molecule is CC(CS(C)(=O)=O)NC(=O)c1ccc([N+](=O)[O-])c(NN)c1. The molecule has 4 N–H and O–H groups in total. The van der Waals surface area contributed by atoms with Gasteiger partial charge in [0.1, 0.15) is 15.5 Å². The number of nitrogens with zero attached hydrogens (tertiary/aromatic N) is 1. The molecule has 0 spiro atoms. The van der Waals surface area contributed by atoms with E-state index in [9.17, 15) is 23.3 Å². The van der Waals surface area contributed by atoms with Crippen LogP contribution in [0.15, 0.2) is 18.2 Å². The van der Waals surface area contributed by atoms with E-state index in [0.717, 1.165) is 12.3 Å². The van der Waals surface area contributed by atoms with Gasteiger partial charge in [-0.05, 0) is 19.1 Å². The van der Waals surface area contributed by atoms with Crippen LogP contribution in [0, 0.1) is 10.1 Å². The molecule has 1 atom stereocenters. The molecule has 9 nitrogen and oxygen atoms in total. The van der Waals surface area contributed by atoms with Crippen LogP contribution in [-0.4, -0.2) is 37.3 Å². The zero-order valence-corrected chi connectivity index (χ0v) is 12.3. The summed E-state index contributed by atoms with van der Waals surface area (Å²) in [5.74, 6) is 4.43. The van der Waals surface area contributed by atoms with Crippen LogP contribution in [0.5, 0.6) is 0 Å². The Morgan fingerprint density at radius 3 is 2.57 bits per heavy atom. The first-order valence-electron chi connectivity index (χ1n) is 5.87. The van der Waals surface area contributed by atoms with Crippen molar-refractivity contribution in [2.45, 2.75) is 13.0 Å². The third-order valence-corrected chi connectivity index (χ3v) is 3.65. The van der Waals surface area contributed by atoms with Crippen molar-refractivity contribution < 1.29 is 18.1 Å². The van der Waals surface area contributed by atoms with E-state index in [0.29, 0.717) is 0 Å². The van der Waals surface area contributed by atoms with Gasteiger partial charge in [0.15, 0.2) is 0 Å². The summed E-state index contributed by atoms with van der Waals surface area (Å²) in [7, 11) is -3.22. The minimum atomic E-state index is -3.22. The maximum absolute atomic E-state index is 11.9. The molecular weight excluding hydrogens is 300 g/mol. The number of carbonyl (C=O) groups is 1. The number of hydrazine groups is 1. The Hall–Kier alpha value is -2.20. The van der Waals surface area contributed by atoms with E-state index in [4.69, 9.17) is 5.84 Å². The molecule has 1 aromatic rings. The number of nitrogens with one attached hydrogen (secondary N) is 2. The minimum absolute atomic E-state index is 0.0107. The van der Waals surface area contributed by atoms with Crippen LogP contribution in [0.25, 0.3) is 0 Å². The first-order valence-corrected chi connectivity index (χ1v) is 7.93. The summed E-state index contributed by atoms with van der Waals surface area (Å²) >= 11 is 0. The molecule has 0 fully saturated rings. The van der Waals surface area contributed by atoms with Gasteiger partial charge in [0.05, 0.1) is 10.7 Å². The number of nitrogens with two attached hydrogens (primary N) is 1. The van der Waals surface area contributed by atoms with E-state index < -0.39 is 26.7 Å². The van der Waals surface area contributed by atoms with Crippen molar-refractivity contribution >= 4 is 27.1 Å². The normalized spacial score (nSPS) is 12.5. The number of nitro groups is 1. The van der Waals surface area contributed by atoms with Gasteiger partial charge in [-0.25, -0.2) is 8.42 Å². The molecule has 0 aliphatic heterocycles. The molecule has 1 amide bonds. The van der Waals surface area contributed by atoms with Crippen molar-refractivity contribution in [1.82, 2.24) is 5.32 Å².